The fraction of sp³-hybridized carbons (Fsp3) is 0.300. The number of hydrogen-bond acceptors (Lipinski definition) is 1. The highest BCUT2D eigenvalue weighted by Crippen LogP contribution is 2.10. The molecule has 0 saturated heterocycles. The molecule has 1 aromatic rings. The number of anilines is 1. The lowest BCUT2D eigenvalue weighted by molar-refractivity contribution is 0.978. The van der Waals surface area contributed by atoms with E-state index in [0.29, 0.717) is 0 Å². The molecule has 59 valence electrons. The quantitative estimate of drug-likeness (QED) is 0.636. The standard InChI is InChI=1S/C10H14N/c1-3-9-11(2)10-7-5-4-6-8-10/h3-8H,9H2,1-2H3. The molecule has 0 aromatic heterocycles. The lowest BCUT2D eigenvalue weighted by atomic mass is 10.3. The van der Waals surface area contributed by atoms with E-state index in [4.69, 9.17) is 0 Å². The second kappa shape index (κ2) is 4.02. The Morgan fingerprint density at radius 1 is 1.27 bits per heavy atom. The van der Waals surface area contributed by atoms with Crippen LogP contribution in [-0.4, -0.2) is 13.6 Å². The first-order chi connectivity index (χ1) is 5.34. The lowest BCUT2D eigenvalue weighted by Crippen LogP contribution is -2.17. The molecular formula is C10H14N. The third-order valence-corrected chi connectivity index (χ3v) is 1.65. The predicted octanol–water partition coefficient (Wildman–Crippen LogP) is 2.35. The molecule has 0 atom stereocenters. The molecule has 0 aliphatic carbocycles. The summed E-state index contributed by atoms with van der Waals surface area (Å²) < 4.78 is 0. The van der Waals surface area contributed by atoms with Gasteiger partial charge in [-0.3, -0.25) is 0 Å². The predicted molar refractivity (Wildman–Crippen MR) is 49.7 cm³/mol. The summed E-state index contributed by atoms with van der Waals surface area (Å²) in [6.45, 7) is 3.07. The summed E-state index contributed by atoms with van der Waals surface area (Å²) in [7, 11) is 2.09. The van der Waals surface area contributed by atoms with E-state index < -0.39 is 0 Å². The largest absolute Gasteiger partial charge is 0.374 e. The van der Waals surface area contributed by atoms with Crippen molar-refractivity contribution in [3.63, 3.8) is 0 Å². The molecule has 0 amide bonds. The Morgan fingerprint density at radius 3 is 2.45 bits per heavy atom. The Bertz CT molecular complexity index is 193. The van der Waals surface area contributed by atoms with Crippen LogP contribution in [0, 0.1) is 6.42 Å². The topological polar surface area (TPSA) is 3.24 Å². The number of rotatable bonds is 3. The number of para-hydroxylation sites is 1. The maximum atomic E-state index is 2.21. The smallest absolute Gasteiger partial charge is 0.0363 e. The zero-order chi connectivity index (χ0) is 8.10. The highest BCUT2D eigenvalue weighted by Gasteiger charge is 1.95. The van der Waals surface area contributed by atoms with Gasteiger partial charge in [0.15, 0.2) is 0 Å². The Hall–Kier alpha value is -0.980. The summed E-state index contributed by atoms with van der Waals surface area (Å²) in [6, 6.07) is 10.4. The van der Waals surface area contributed by atoms with Crippen molar-refractivity contribution in [2.24, 2.45) is 0 Å². The van der Waals surface area contributed by atoms with Gasteiger partial charge in [0.1, 0.15) is 0 Å². The van der Waals surface area contributed by atoms with Crippen molar-refractivity contribution in [2.75, 3.05) is 18.5 Å². The molecule has 11 heavy (non-hydrogen) atoms. The van der Waals surface area contributed by atoms with Gasteiger partial charge in [0.05, 0.1) is 0 Å². The van der Waals surface area contributed by atoms with Gasteiger partial charge in [-0.2, -0.15) is 0 Å². The van der Waals surface area contributed by atoms with Gasteiger partial charge in [-0.05, 0) is 18.6 Å². The fourth-order valence-electron chi connectivity index (χ4n) is 1.06. The highest BCUT2D eigenvalue weighted by atomic mass is 15.1. The van der Waals surface area contributed by atoms with E-state index in [1.54, 1.807) is 0 Å². The maximum Gasteiger partial charge on any atom is 0.0363 e. The minimum Gasteiger partial charge on any atom is -0.374 e. The monoisotopic (exact) mass is 148 g/mol. The average molecular weight is 148 g/mol. The summed E-state index contributed by atoms with van der Waals surface area (Å²) in [4.78, 5) is 2.21. The van der Waals surface area contributed by atoms with E-state index in [0.717, 1.165) is 6.54 Å². The molecule has 0 unspecified atom stereocenters. The highest BCUT2D eigenvalue weighted by molar-refractivity contribution is 5.45. The first kappa shape index (κ1) is 8.12. The van der Waals surface area contributed by atoms with Gasteiger partial charge in [-0.1, -0.05) is 25.1 Å². The molecule has 1 radical (unpaired) electrons. The minimum atomic E-state index is 1.00. The molecule has 0 aliphatic rings. The SMILES string of the molecule is C[CH]CN(C)c1ccccc1. The number of hydrogen-bond donors (Lipinski definition) is 0. The third-order valence-electron chi connectivity index (χ3n) is 1.65. The Balaban J connectivity index is 2.61. The minimum absolute atomic E-state index is 1.00. The Labute approximate surface area is 68.7 Å². The molecule has 0 fully saturated rings. The van der Waals surface area contributed by atoms with E-state index in [9.17, 15) is 0 Å². The van der Waals surface area contributed by atoms with Crippen molar-refractivity contribution in [1.29, 1.82) is 0 Å². The Kier molecular flexibility index (Phi) is 2.96. The molecule has 0 spiro atoms. The van der Waals surface area contributed by atoms with Crippen LogP contribution in [0.25, 0.3) is 0 Å². The van der Waals surface area contributed by atoms with E-state index in [-0.39, 0.29) is 0 Å². The van der Waals surface area contributed by atoms with Crippen LogP contribution < -0.4 is 4.90 Å². The zero-order valence-electron chi connectivity index (χ0n) is 7.12. The van der Waals surface area contributed by atoms with E-state index >= 15 is 0 Å². The molecule has 1 nitrogen and oxygen atoms in total. The van der Waals surface area contributed by atoms with Crippen LogP contribution in [0.1, 0.15) is 6.92 Å². The van der Waals surface area contributed by atoms with Gasteiger partial charge in [0, 0.05) is 19.3 Å². The van der Waals surface area contributed by atoms with E-state index in [2.05, 4.69) is 49.6 Å². The number of nitrogens with zero attached hydrogens (tertiary/aromatic N) is 1. The Morgan fingerprint density at radius 2 is 1.91 bits per heavy atom. The number of benzene rings is 1. The summed E-state index contributed by atoms with van der Waals surface area (Å²) in [5.74, 6) is 0. The second-order valence-electron chi connectivity index (χ2n) is 2.62. The summed E-state index contributed by atoms with van der Waals surface area (Å²) in [5.41, 5.74) is 1.27. The first-order valence-corrected chi connectivity index (χ1v) is 3.88. The summed E-state index contributed by atoms with van der Waals surface area (Å²) >= 11 is 0. The van der Waals surface area contributed by atoms with Gasteiger partial charge in [0.2, 0.25) is 0 Å². The van der Waals surface area contributed by atoms with Crippen LogP contribution in [0.2, 0.25) is 0 Å². The van der Waals surface area contributed by atoms with Crippen molar-refractivity contribution in [2.45, 2.75) is 6.92 Å². The molecule has 1 rings (SSSR count). The van der Waals surface area contributed by atoms with Gasteiger partial charge >= 0.3 is 0 Å². The third kappa shape index (κ3) is 2.26. The second-order valence-corrected chi connectivity index (χ2v) is 2.62. The van der Waals surface area contributed by atoms with Crippen LogP contribution in [0.4, 0.5) is 5.69 Å². The van der Waals surface area contributed by atoms with Crippen LogP contribution in [-0.2, 0) is 0 Å². The lowest BCUT2D eigenvalue weighted by Gasteiger charge is -2.17. The molecule has 1 aromatic carbocycles. The summed E-state index contributed by atoms with van der Waals surface area (Å²) in [6.07, 6.45) is 2.15. The van der Waals surface area contributed by atoms with Crippen molar-refractivity contribution >= 4 is 5.69 Å². The van der Waals surface area contributed by atoms with Gasteiger partial charge < -0.3 is 4.90 Å². The molecule has 0 bridgehead atoms. The normalized spacial score (nSPS) is 9.64. The van der Waals surface area contributed by atoms with Crippen molar-refractivity contribution in [3.8, 4) is 0 Å². The van der Waals surface area contributed by atoms with E-state index in [1.165, 1.54) is 5.69 Å². The van der Waals surface area contributed by atoms with Crippen molar-refractivity contribution in [3.05, 3.63) is 36.8 Å². The van der Waals surface area contributed by atoms with E-state index in [1.807, 2.05) is 6.07 Å². The summed E-state index contributed by atoms with van der Waals surface area (Å²) in [5, 5.41) is 0. The zero-order valence-corrected chi connectivity index (χ0v) is 7.12. The van der Waals surface area contributed by atoms with Crippen LogP contribution in [0.15, 0.2) is 30.3 Å². The molecule has 0 N–H and O–H groups in total. The van der Waals surface area contributed by atoms with Gasteiger partial charge in [0.25, 0.3) is 0 Å². The van der Waals surface area contributed by atoms with Crippen LogP contribution in [0.5, 0.6) is 0 Å². The van der Waals surface area contributed by atoms with Crippen molar-refractivity contribution < 1.29 is 0 Å². The van der Waals surface area contributed by atoms with Crippen molar-refractivity contribution in [1.82, 2.24) is 0 Å². The maximum absolute atomic E-state index is 2.21. The van der Waals surface area contributed by atoms with Gasteiger partial charge in [-0.15, -0.1) is 0 Å². The fourth-order valence-corrected chi connectivity index (χ4v) is 1.06. The van der Waals surface area contributed by atoms with Crippen LogP contribution in [0.3, 0.4) is 0 Å². The molecule has 1 heteroatoms. The molecular weight excluding hydrogens is 134 g/mol. The molecule has 0 saturated carbocycles. The average Bonchev–Trinajstić information content (AvgIpc) is 2.07. The van der Waals surface area contributed by atoms with Gasteiger partial charge in [-0.25, -0.2) is 0 Å². The van der Waals surface area contributed by atoms with Crippen LogP contribution >= 0.6 is 0 Å². The first-order valence-electron chi connectivity index (χ1n) is 3.88. The molecule has 0 heterocycles. The molecule has 0 aliphatic heterocycles.